The number of nitrogens with one attached hydrogen (secondary N) is 1. The van der Waals surface area contributed by atoms with Gasteiger partial charge in [0.1, 0.15) is 5.82 Å². The first-order chi connectivity index (χ1) is 10.2. The number of rotatable bonds is 3. The number of hydrogen-bond acceptors (Lipinski definition) is 2. The molecule has 2 nitrogen and oxygen atoms in total. The number of anilines is 1. The highest BCUT2D eigenvalue weighted by atomic mass is 35.5. The van der Waals surface area contributed by atoms with Gasteiger partial charge in [0.05, 0.1) is 15.6 Å². The Morgan fingerprint density at radius 1 is 1.00 bits per heavy atom. The van der Waals surface area contributed by atoms with Crippen LogP contribution in [0.3, 0.4) is 0 Å². The van der Waals surface area contributed by atoms with E-state index in [2.05, 4.69) is 10.3 Å². The highest BCUT2D eigenvalue weighted by Gasteiger charge is 2.08. The maximum atomic E-state index is 13.9. The summed E-state index contributed by atoms with van der Waals surface area (Å²) < 4.78 is 13.9. The topological polar surface area (TPSA) is 24.9 Å². The van der Waals surface area contributed by atoms with Gasteiger partial charge >= 0.3 is 0 Å². The van der Waals surface area contributed by atoms with Crippen LogP contribution in [0, 0.1) is 5.82 Å². The first-order valence-electron chi connectivity index (χ1n) is 6.37. The standard InChI is InChI=1S/C16H11Cl2FN2/c17-12-5-1-3-10(15(12)19)9-21-14-7-6-13(18)16-11(14)4-2-8-20-16/h1-8,21H,9H2. The van der Waals surface area contributed by atoms with Crippen molar-refractivity contribution in [2.24, 2.45) is 0 Å². The summed E-state index contributed by atoms with van der Waals surface area (Å²) in [6, 6.07) is 12.3. The summed E-state index contributed by atoms with van der Waals surface area (Å²) in [5.41, 5.74) is 2.08. The molecule has 0 bridgehead atoms. The normalized spacial score (nSPS) is 10.8. The molecule has 0 atom stereocenters. The van der Waals surface area contributed by atoms with E-state index in [0.29, 0.717) is 17.1 Å². The highest BCUT2D eigenvalue weighted by molar-refractivity contribution is 6.35. The van der Waals surface area contributed by atoms with Gasteiger partial charge in [-0.15, -0.1) is 0 Å². The SMILES string of the molecule is Fc1c(Cl)cccc1CNc1ccc(Cl)c2ncccc12. The van der Waals surface area contributed by atoms with Crippen LogP contribution in [-0.2, 0) is 6.54 Å². The molecule has 0 aliphatic heterocycles. The molecular formula is C16H11Cl2FN2. The predicted octanol–water partition coefficient (Wildman–Crippen LogP) is 5.29. The summed E-state index contributed by atoms with van der Waals surface area (Å²) in [7, 11) is 0. The van der Waals surface area contributed by atoms with E-state index in [9.17, 15) is 4.39 Å². The molecule has 21 heavy (non-hydrogen) atoms. The number of halogens is 3. The maximum Gasteiger partial charge on any atom is 0.146 e. The second-order valence-electron chi connectivity index (χ2n) is 4.56. The molecule has 0 saturated heterocycles. The summed E-state index contributed by atoms with van der Waals surface area (Å²) >= 11 is 11.9. The first kappa shape index (κ1) is 14.1. The second kappa shape index (κ2) is 5.88. The smallest absolute Gasteiger partial charge is 0.146 e. The number of fused-ring (bicyclic) bond motifs is 1. The largest absolute Gasteiger partial charge is 0.380 e. The zero-order valence-corrected chi connectivity index (χ0v) is 12.4. The van der Waals surface area contributed by atoms with Gasteiger partial charge in [0.25, 0.3) is 0 Å². The van der Waals surface area contributed by atoms with E-state index >= 15 is 0 Å². The lowest BCUT2D eigenvalue weighted by molar-refractivity contribution is 0.613. The van der Waals surface area contributed by atoms with Crippen LogP contribution in [0.4, 0.5) is 10.1 Å². The Hall–Kier alpha value is -1.84. The third kappa shape index (κ3) is 2.80. The fraction of sp³-hybridized carbons (Fsp3) is 0.0625. The molecule has 1 heterocycles. The minimum absolute atomic E-state index is 0.122. The van der Waals surface area contributed by atoms with Crippen molar-refractivity contribution in [3.63, 3.8) is 0 Å². The molecule has 3 aromatic rings. The maximum absolute atomic E-state index is 13.9. The second-order valence-corrected chi connectivity index (χ2v) is 5.38. The molecule has 0 saturated carbocycles. The number of pyridine rings is 1. The molecule has 0 aliphatic carbocycles. The monoisotopic (exact) mass is 320 g/mol. The lowest BCUT2D eigenvalue weighted by atomic mass is 10.1. The van der Waals surface area contributed by atoms with E-state index in [1.807, 2.05) is 18.2 Å². The average Bonchev–Trinajstić information content (AvgIpc) is 2.51. The zero-order valence-electron chi connectivity index (χ0n) is 10.9. The molecular weight excluding hydrogens is 310 g/mol. The summed E-state index contributed by atoms with van der Waals surface area (Å²) in [5.74, 6) is -0.400. The van der Waals surface area contributed by atoms with Crippen molar-refractivity contribution in [2.45, 2.75) is 6.54 Å². The predicted molar refractivity (Wildman–Crippen MR) is 85.5 cm³/mol. The molecule has 0 spiro atoms. The van der Waals surface area contributed by atoms with Crippen LogP contribution in [0.5, 0.6) is 0 Å². The van der Waals surface area contributed by atoms with Crippen molar-refractivity contribution in [1.29, 1.82) is 0 Å². The highest BCUT2D eigenvalue weighted by Crippen LogP contribution is 2.28. The van der Waals surface area contributed by atoms with Crippen molar-refractivity contribution in [1.82, 2.24) is 4.98 Å². The third-order valence-electron chi connectivity index (χ3n) is 3.22. The summed E-state index contributed by atoms with van der Waals surface area (Å²) in [5, 5.41) is 4.81. The molecule has 3 rings (SSSR count). The number of benzene rings is 2. The van der Waals surface area contributed by atoms with Gasteiger partial charge in [0, 0.05) is 29.4 Å². The molecule has 1 N–H and O–H groups in total. The van der Waals surface area contributed by atoms with Gasteiger partial charge in [0.2, 0.25) is 0 Å². The van der Waals surface area contributed by atoms with Crippen LogP contribution in [0.15, 0.2) is 48.7 Å². The van der Waals surface area contributed by atoms with Gasteiger partial charge < -0.3 is 5.32 Å². The molecule has 0 aliphatic rings. The van der Waals surface area contributed by atoms with E-state index in [1.54, 1.807) is 24.4 Å². The molecule has 5 heteroatoms. The van der Waals surface area contributed by atoms with Crippen LogP contribution in [0.1, 0.15) is 5.56 Å². The Morgan fingerprint density at radius 3 is 2.71 bits per heavy atom. The van der Waals surface area contributed by atoms with Crippen LogP contribution in [0.25, 0.3) is 10.9 Å². The summed E-state index contributed by atoms with van der Waals surface area (Å²) in [6.07, 6.45) is 1.69. The molecule has 106 valence electrons. The Morgan fingerprint density at radius 2 is 1.86 bits per heavy atom. The van der Waals surface area contributed by atoms with Crippen molar-refractivity contribution >= 4 is 39.8 Å². The van der Waals surface area contributed by atoms with Gasteiger partial charge in [-0.25, -0.2) is 4.39 Å². The van der Waals surface area contributed by atoms with Gasteiger partial charge in [-0.2, -0.15) is 0 Å². The molecule has 0 amide bonds. The van der Waals surface area contributed by atoms with E-state index in [1.165, 1.54) is 6.07 Å². The van der Waals surface area contributed by atoms with Crippen LogP contribution >= 0.6 is 23.2 Å². The van der Waals surface area contributed by atoms with Gasteiger partial charge in [-0.3, -0.25) is 4.98 Å². The first-order valence-corrected chi connectivity index (χ1v) is 7.12. The van der Waals surface area contributed by atoms with E-state index in [-0.39, 0.29) is 5.02 Å². The molecule has 0 fully saturated rings. The molecule has 2 aromatic carbocycles. The fourth-order valence-electron chi connectivity index (χ4n) is 2.17. The third-order valence-corrected chi connectivity index (χ3v) is 3.82. The van der Waals surface area contributed by atoms with Crippen LogP contribution in [-0.4, -0.2) is 4.98 Å². The number of aromatic nitrogens is 1. The Kier molecular flexibility index (Phi) is 3.95. The minimum Gasteiger partial charge on any atom is -0.380 e. The number of nitrogens with zero attached hydrogens (tertiary/aromatic N) is 1. The Balaban J connectivity index is 1.92. The number of hydrogen-bond donors (Lipinski definition) is 1. The van der Waals surface area contributed by atoms with E-state index in [4.69, 9.17) is 23.2 Å². The zero-order chi connectivity index (χ0) is 14.8. The van der Waals surface area contributed by atoms with Crippen molar-refractivity contribution < 1.29 is 4.39 Å². The summed E-state index contributed by atoms with van der Waals surface area (Å²) in [6.45, 7) is 0.331. The molecule has 0 unspecified atom stereocenters. The van der Waals surface area contributed by atoms with Gasteiger partial charge in [0.15, 0.2) is 0 Å². The van der Waals surface area contributed by atoms with E-state index in [0.717, 1.165) is 16.6 Å². The van der Waals surface area contributed by atoms with Gasteiger partial charge in [-0.1, -0.05) is 35.3 Å². The Bertz CT molecular complexity index is 805. The van der Waals surface area contributed by atoms with Crippen LogP contribution in [0.2, 0.25) is 10.0 Å². The summed E-state index contributed by atoms with van der Waals surface area (Å²) in [4.78, 5) is 4.26. The quantitative estimate of drug-likeness (QED) is 0.709. The molecule has 0 radical (unpaired) electrons. The van der Waals surface area contributed by atoms with E-state index < -0.39 is 5.82 Å². The van der Waals surface area contributed by atoms with Crippen molar-refractivity contribution in [3.05, 3.63) is 70.1 Å². The fourth-order valence-corrected chi connectivity index (χ4v) is 2.58. The lowest BCUT2D eigenvalue weighted by Gasteiger charge is -2.11. The van der Waals surface area contributed by atoms with Crippen molar-refractivity contribution in [2.75, 3.05) is 5.32 Å². The van der Waals surface area contributed by atoms with Gasteiger partial charge in [-0.05, 0) is 30.3 Å². The Labute approximate surface area is 131 Å². The lowest BCUT2D eigenvalue weighted by Crippen LogP contribution is -2.02. The molecule has 1 aromatic heterocycles. The van der Waals surface area contributed by atoms with Crippen molar-refractivity contribution in [3.8, 4) is 0 Å². The van der Waals surface area contributed by atoms with Crippen LogP contribution < -0.4 is 5.32 Å². The average molecular weight is 321 g/mol. The minimum atomic E-state index is -0.400.